The highest BCUT2D eigenvalue weighted by atomic mass is 16.5. The van der Waals surface area contributed by atoms with Crippen LogP contribution in [-0.2, 0) is 11.2 Å². The summed E-state index contributed by atoms with van der Waals surface area (Å²) in [6.45, 7) is 3.07. The molecule has 1 aliphatic heterocycles. The Morgan fingerprint density at radius 2 is 2.47 bits per heavy atom. The maximum Gasteiger partial charge on any atom is 0.105 e. The molecule has 1 saturated heterocycles. The molecule has 2 unspecified atom stereocenters. The summed E-state index contributed by atoms with van der Waals surface area (Å²) < 4.78 is 11.2. The average Bonchev–Trinajstić information content (AvgIpc) is 2.85. The van der Waals surface area contributed by atoms with Gasteiger partial charge in [0.1, 0.15) is 5.76 Å². The van der Waals surface area contributed by atoms with Gasteiger partial charge in [0.2, 0.25) is 0 Å². The molecule has 1 N–H and O–H groups in total. The van der Waals surface area contributed by atoms with Crippen LogP contribution in [0.1, 0.15) is 25.5 Å². The van der Waals surface area contributed by atoms with Crippen LogP contribution in [0, 0.1) is 0 Å². The van der Waals surface area contributed by atoms with Gasteiger partial charge in [-0.05, 0) is 38.9 Å². The third kappa shape index (κ3) is 2.24. The van der Waals surface area contributed by atoms with Crippen LogP contribution >= 0.6 is 0 Å². The molecule has 3 nitrogen and oxygen atoms in total. The lowest BCUT2D eigenvalue weighted by Crippen LogP contribution is -2.48. The molecule has 1 aromatic heterocycles. The summed E-state index contributed by atoms with van der Waals surface area (Å²) in [5, 5.41) is 3.34. The van der Waals surface area contributed by atoms with Crippen molar-refractivity contribution in [3.8, 4) is 0 Å². The molecule has 3 heteroatoms. The van der Waals surface area contributed by atoms with Crippen molar-refractivity contribution in [2.75, 3.05) is 13.7 Å². The van der Waals surface area contributed by atoms with Crippen LogP contribution in [0.2, 0.25) is 0 Å². The molecule has 0 aromatic carbocycles. The van der Waals surface area contributed by atoms with E-state index in [0.29, 0.717) is 6.04 Å². The Hall–Kier alpha value is -0.800. The fourth-order valence-corrected chi connectivity index (χ4v) is 2.33. The molecule has 1 fully saturated rings. The zero-order valence-corrected chi connectivity index (χ0v) is 9.45. The van der Waals surface area contributed by atoms with Crippen LogP contribution in [0.5, 0.6) is 0 Å². The summed E-state index contributed by atoms with van der Waals surface area (Å²) in [4.78, 5) is 0. The zero-order valence-electron chi connectivity index (χ0n) is 9.45. The topological polar surface area (TPSA) is 34.4 Å². The standard InChI is InChI=1S/C12H19NO2/c1-12(6-4-8-15-12)11(13-2)9-10-5-3-7-14-10/h3,5,7,11,13H,4,6,8-9H2,1-2H3. The number of hydrogen-bond donors (Lipinski definition) is 1. The lowest BCUT2D eigenvalue weighted by molar-refractivity contribution is -0.0106. The summed E-state index contributed by atoms with van der Waals surface area (Å²) in [5.74, 6) is 1.02. The molecule has 1 aliphatic rings. The molecule has 0 spiro atoms. The van der Waals surface area contributed by atoms with Crippen LogP contribution in [0.4, 0.5) is 0 Å². The van der Waals surface area contributed by atoms with Crippen molar-refractivity contribution in [2.24, 2.45) is 0 Å². The second-order valence-electron chi connectivity index (χ2n) is 4.39. The summed E-state index contributed by atoms with van der Waals surface area (Å²) in [6.07, 6.45) is 4.89. The van der Waals surface area contributed by atoms with Gasteiger partial charge in [0.05, 0.1) is 11.9 Å². The van der Waals surface area contributed by atoms with E-state index in [4.69, 9.17) is 9.15 Å². The number of rotatable bonds is 4. The van der Waals surface area contributed by atoms with Gasteiger partial charge >= 0.3 is 0 Å². The fourth-order valence-electron chi connectivity index (χ4n) is 2.33. The van der Waals surface area contributed by atoms with Gasteiger partial charge in [0.15, 0.2) is 0 Å². The Morgan fingerprint density at radius 3 is 3.00 bits per heavy atom. The molecule has 0 amide bonds. The van der Waals surface area contributed by atoms with E-state index in [1.165, 1.54) is 0 Å². The first kappa shape index (κ1) is 10.7. The second kappa shape index (κ2) is 4.37. The molecule has 0 bridgehead atoms. The zero-order chi connectivity index (χ0) is 10.7. The van der Waals surface area contributed by atoms with Crippen molar-refractivity contribution in [3.63, 3.8) is 0 Å². The first-order valence-corrected chi connectivity index (χ1v) is 5.58. The molecular weight excluding hydrogens is 190 g/mol. The quantitative estimate of drug-likeness (QED) is 0.823. The van der Waals surface area contributed by atoms with E-state index in [9.17, 15) is 0 Å². The van der Waals surface area contributed by atoms with E-state index in [-0.39, 0.29) is 5.60 Å². The lowest BCUT2D eigenvalue weighted by atomic mass is 9.90. The number of likely N-dealkylation sites (N-methyl/N-ethyl adjacent to an activating group) is 1. The summed E-state index contributed by atoms with van der Waals surface area (Å²) in [6, 6.07) is 4.27. The van der Waals surface area contributed by atoms with E-state index in [2.05, 4.69) is 12.2 Å². The van der Waals surface area contributed by atoms with Crippen LogP contribution in [-0.4, -0.2) is 25.3 Å². The molecule has 2 rings (SSSR count). The predicted octanol–water partition coefficient (Wildman–Crippen LogP) is 1.98. The lowest BCUT2D eigenvalue weighted by Gasteiger charge is -2.32. The van der Waals surface area contributed by atoms with Crippen LogP contribution in [0.15, 0.2) is 22.8 Å². The van der Waals surface area contributed by atoms with Gasteiger partial charge in [-0.25, -0.2) is 0 Å². The van der Waals surface area contributed by atoms with E-state index in [0.717, 1.165) is 31.6 Å². The molecule has 0 saturated carbocycles. The Morgan fingerprint density at radius 1 is 1.60 bits per heavy atom. The Labute approximate surface area is 90.8 Å². The maximum absolute atomic E-state index is 5.84. The van der Waals surface area contributed by atoms with Crippen LogP contribution < -0.4 is 5.32 Å². The monoisotopic (exact) mass is 209 g/mol. The van der Waals surface area contributed by atoms with E-state index in [1.807, 2.05) is 19.2 Å². The summed E-state index contributed by atoms with van der Waals surface area (Å²) in [5.41, 5.74) is -0.0401. The minimum atomic E-state index is -0.0401. The van der Waals surface area contributed by atoms with Gasteiger partial charge in [-0.15, -0.1) is 0 Å². The first-order valence-electron chi connectivity index (χ1n) is 5.58. The number of furan rings is 1. The largest absolute Gasteiger partial charge is 0.469 e. The van der Waals surface area contributed by atoms with Crippen molar-refractivity contribution >= 4 is 0 Å². The molecule has 0 radical (unpaired) electrons. The molecule has 2 heterocycles. The van der Waals surface area contributed by atoms with Gasteiger partial charge < -0.3 is 14.5 Å². The highest BCUT2D eigenvalue weighted by Crippen LogP contribution is 2.30. The van der Waals surface area contributed by atoms with Gasteiger partial charge in [-0.1, -0.05) is 0 Å². The highest BCUT2D eigenvalue weighted by molar-refractivity contribution is 5.04. The van der Waals surface area contributed by atoms with Crippen LogP contribution in [0.3, 0.4) is 0 Å². The van der Waals surface area contributed by atoms with Gasteiger partial charge in [0.25, 0.3) is 0 Å². The summed E-state index contributed by atoms with van der Waals surface area (Å²) in [7, 11) is 1.99. The van der Waals surface area contributed by atoms with Crippen LogP contribution in [0.25, 0.3) is 0 Å². The van der Waals surface area contributed by atoms with Gasteiger partial charge in [-0.3, -0.25) is 0 Å². The molecular formula is C12H19NO2. The molecule has 1 aromatic rings. The smallest absolute Gasteiger partial charge is 0.105 e. The number of nitrogens with one attached hydrogen (secondary N) is 1. The van der Waals surface area contributed by atoms with Gasteiger partial charge in [-0.2, -0.15) is 0 Å². The van der Waals surface area contributed by atoms with E-state index >= 15 is 0 Å². The SMILES string of the molecule is CNC(Cc1ccco1)C1(C)CCCO1. The van der Waals surface area contributed by atoms with E-state index < -0.39 is 0 Å². The Bertz CT molecular complexity index is 289. The minimum Gasteiger partial charge on any atom is -0.469 e. The predicted molar refractivity (Wildman–Crippen MR) is 58.9 cm³/mol. The summed E-state index contributed by atoms with van der Waals surface area (Å²) >= 11 is 0. The van der Waals surface area contributed by atoms with Crippen molar-refractivity contribution in [1.29, 1.82) is 0 Å². The Balaban J connectivity index is 2.03. The van der Waals surface area contributed by atoms with Crippen molar-refractivity contribution in [1.82, 2.24) is 5.32 Å². The minimum absolute atomic E-state index is 0.0401. The third-order valence-corrected chi connectivity index (χ3v) is 3.32. The van der Waals surface area contributed by atoms with E-state index in [1.54, 1.807) is 6.26 Å². The molecule has 0 aliphatic carbocycles. The normalized spacial score (nSPS) is 28.1. The average molecular weight is 209 g/mol. The molecule has 84 valence electrons. The third-order valence-electron chi connectivity index (χ3n) is 3.32. The first-order chi connectivity index (χ1) is 7.24. The number of hydrogen-bond acceptors (Lipinski definition) is 3. The van der Waals surface area contributed by atoms with Gasteiger partial charge in [0, 0.05) is 19.1 Å². The van der Waals surface area contributed by atoms with Crippen molar-refractivity contribution in [2.45, 2.75) is 37.8 Å². The molecule has 2 atom stereocenters. The van der Waals surface area contributed by atoms with Crippen molar-refractivity contribution < 1.29 is 9.15 Å². The molecule has 15 heavy (non-hydrogen) atoms. The second-order valence-corrected chi connectivity index (χ2v) is 4.39. The van der Waals surface area contributed by atoms with Crippen molar-refractivity contribution in [3.05, 3.63) is 24.2 Å². The number of ether oxygens (including phenoxy) is 1. The maximum atomic E-state index is 5.84. The fraction of sp³-hybridized carbons (Fsp3) is 0.667. The highest BCUT2D eigenvalue weighted by Gasteiger charge is 2.37. The Kier molecular flexibility index (Phi) is 3.12.